The number of nitrogens with one attached hydrogen (secondary N) is 1. The van der Waals surface area contributed by atoms with Gasteiger partial charge in [-0.1, -0.05) is 12.1 Å². The number of aromatic nitrogens is 4. The number of rotatable bonds is 6. The molecule has 0 unspecified atom stereocenters. The van der Waals surface area contributed by atoms with Crippen molar-refractivity contribution in [2.45, 2.75) is 0 Å². The van der Waals surface area contributed by atoms with Gasteiger partial charge in [-0.2, -0.15) is 4.98 Å². The molecule has 4 aromatic rings. The maximum absolute atomic E-state index is 14.6. The summed E-state index contributed by atoms with van der Waals surface area (Å²) >= 11 is 0. The smallest absolute Gasteiger partial charge is 0.225 e. The van der Waals surface area contributed by atoms with Crippen LogP contribution in [-0.4, -0.2) is 51.8 Å². The lowest BCUT2D eigenvalue weighted by Gasteiger charge is -2.12. The predicted molar refractivity (Wildman–Crippen MR) is 113 cm³/mol. The molecule has 0 spiro atoms. The van der Waals surface area contributed by atoms with Gasteiger partial charge in [0, 0.05) is 18.7 Å². The van der Waals surface area contributed by atoms with Crippen LogP contribution in [0, 0.1) is 17.5 Å². The van der Waals surface area contributed by atoms with Crippen molar-refractivity contribution >= 4 is 22.8 Å². The highest BCUT2D eigenvalue weighted by Crippen LogP contribution is 2.34. The van der Waals surface area contributed by atoms with Crippen molar-refractivity contribution in [1.29, 1.82) is 0 Å². The molecular formula is C21H20F3N7. The van der Waals surface area contributed by atoms with E-state index in [0.717, 1.165) is 6.07 Å². The van der Waals surface area contributed by atoms with E-state index < -0.39 is 17.5 Å². The molecule has 0 saturated carbocycles. The van der Waals surface area contributed by atoms with Crippen LogP contribution in [0.5, 0.6) is 0 Å². The number of fused-ring (bicyclic) bond motifs is 1. The van der Waals surface area contributed by atoms with Gasteiger partial charge in [0.05, 0.1) is 16.8 Å². The minimum Gasteiger partial charge on any atom is -0.383 e. The summed E-state index contributed by atoms with van der Waals surface area (Å²) in [7, 11) is 3.83. The summed E-state index contributed by atoms with van der Waals surface area (Å²) in [5.74, 6) is -2.26. The van der Waals surface area contributed by atoms with Crippen molar-refractivity contribution in [1.82, 2.24) is 24.6 Å². The zero-order valence-corrected chi connectivity index (χ0v) is 16.9. The maximum Gasteiger partial charge on any atom is 0.225 e. The number of anilines is 2. The van der Waals surface area contributed by atoms with Gasteiger partial charge in [0.2, 0.25) is 5.95 Å². The molecule has 7 nitrogen and oxygen atoms in total. The molecule has 0 aliphatic carbocycles. The second-order valence-electron chi connectivity index (χ2n) is 7.20. The number of hydrogen-bond donors (Lipinski definition) is 2. The van der Waals surface area contributed by atoms with E-state index in [1.807, 2.05) is 19.0 Å². The van der Waals surface area contributed by atoms with Crippen LogP contribution in [0.1, 0.15) is 0 Å². The van der Waals surface area contributed by atoms with Gasteiger partial charge < -0.3 is 16.0 Å². The van der Waals surface area contributed by atoms with E-state index in [-0.39, 0.29) is 34.1 Å². The molecule has 2 aromatic heterocycles. The molecule has 2 heterocycles. The lowest BCUT2D eigenvalue weighted by molar-refractivity contribution is 0.425. The van der Waals surface area contributed by atoms with Crippen LogP contribution < -0.4 is 11.1 Å². The van der Waals surface area contributed by atoms with Crippen molar-refractivity contribution in [3.63, 3.8) is 0 Å². The highest BCUT2D eigenvalue weighted by Gasteiger charge is 2.22. The average molecular weight is 427 g/mol. The fourth-order valence-corrected chi connectivity index (χ4v) is 3.17. The van der Waals surface area contributed by atoms with E-state index in [0.29, 0.717) is 18.8 Å². The van der Waals surface area contributed by atoms with Crippen LogP contribution in [0.4, 0.5) is 24.9 Å². The third kappa shape index (κ3) is 4.02. The Labute approximate surface area is 176 Å². The molecule has 3 N–H and O–H groups in total. The van der Waals surface area contributed by atoms with E-state index in [9.17, 15) is 13.2 Å². The molecule has 4 rings (SSSR count). The summed E-state index contributed by atoms with van der Waals surface area (Å²) in [6.45, 7) is 1.22. The van der Waals surface area contributed by atoms with E-state index in [2.05, 4.69) is 20.4 Å². The highest BCUT2D eigenvalue weighted by atomic mass is 19.2. The molecule has 31 heavy (non-hydrogen) atoms. The van der Waals surface area contributed by atoms with Gasteiger partial charge in [-0.05, 0) is 44.4 Å². The molecular weight excluding hydrogens is 407 g/mol. The molecule has 0 atom stereocenters. The van der Waals surface area contributed by atoms with Gasteiger partial charge >= 0.3 is 0 Å². The summed E-state index contributed by atoms with van der Waals surface area (Å²) < 4.78 is 43.6. The lowest BCUT2D eigenvalue weighted by atomic mass is 10.1. The molecule has 0 saturated heterocycles. The Morgan fingerprint density at radius 2 is 1.84 bits per heavy atom. The molecule has 0 aliphatic heterocycles. The monoisotopic (exact) mass is 427 g/mol. The summed E-state index contributed by atoms with van der Waals surface area (Å²) in [5, 5.41) is 7.68. The van der Waals surface area contributed by atoms with Crippen LogP contribution in [0.15, 0.2) is 42.5 Å². The summed E-state index contributed by atoms with van der Waals surface area (Å²) in [6.07, 6.45) is 0. The third-order valence-corrected chi connectivity index (χ3v) is 4.67. The molecule has 160 valence electrons. The van der Waals surface area contributed by atoms with Crippen LogP contribution in [0.2, 0.25) is 0 Å². The fraction of sp³-hybridized carbons (Fsp3) is 0.190. The van der Waals surface area contributed by atoms with Crippen LogP contribution in [0.25, 0.3) is 28.0 Å². The number of nitrogens with zero attached hydrogens (tertiary/aromatic N) is 5. The van der Waals surface area contributed by atoms with Crippen molar-refractivity contribution < 1.29 is 13.2 Å². The number of benzene rings is 2. The third-order valence-electron chi connectivity index (χ3n) is 4.67. The summed E-state index contributed by atoms with van der Waals surface area (Å²) in [6, 6.07) is 9.50. The minimum atomic E-state index is -1.06. The van der Waals surface area contributed by atoms with Crippen molar-refractivity contribution in [3.8, 4) is 16.9 Å². The Morgan fingerprint density at radius 3 is 2.58 bits per heavy atom. The lowest BCUT2D eigenvalue weighted by Crippen LogP contribution is -2.21. The standard InChI is InChI=1S/C21H20F3N7/c1-30(2)10-9-26-21-27-18(14-7-4-8-15(23)17(14)24)16-19(25)31(29-20(16)28-21)13-6-3-5-12(22)11-13/h3-8,11H,9-10,25H2,1-2H3,(H,26,28,29). The largest absolute Gasteiger partial charge is 0.383 e. The van der Waals surface area contributed by atoms with Crippen LogP contribution in [0.3, 0.4) is 0 Å². The molecule has 0 amide bonds. The number of halogens is 3. The van der Waals surface area contributed by atoms with Gasteiger partial charge in [-0.15, -0.1) is 5.10 Å². The first-order valence-corrected chi connectivity index (χ1v) is 9.50. The second-order valence-corrected chi connectivity index (χ2v) is 7.20. The first-order valence-electron chi connectivity index (χ1n) is 9.50. The van der Waals surface area contributed by atoms with Crippen molar-refractivity contribution in [3.05, 3.63) is 59.9 Å². The number of nitrogens with two attached hydrogens (primary N) is 1. The highest BCUT2D eigenvalue weighted by molar-refractivity contribution is 5.99. The quantitative estimate of drug-likeness (QED) is 0.490. The van der Waals surface area contributed by atoms with Gasteiger partial charge in [0.25, 0.3) is 0 Å². The summed E-state index contributed by atoms with van der Waals surface area (Å²) in [5.41, 5.74) is 6.84. The van der Waals surface area contributed by atoms with Crippen LogP contribution in [-0.2, 0) is 0 Å². The van der Waals surface area contributed by atoms with E-state index in [1.165, 1.54) is 35.0 Å². The zero-order chi connectivity index (χ0) is 22.1. The zero-order valence-electron chi connectivity index (χ0n) is 16.9. The summed E-state index contributed by atoms with van der Waals surface area (Å²) in [4.78, 5) is 10.7. The SMILES string of the molecule is CN(C)CCNc1nc(-c2cccc(F)c2F)c2c(N)n(-c3cccc(F)c3)nc2n1. The molecule has 0 radical (unpaired) electrons. The maximum atomic E-state index is 14.6. The first-order chi connectivity index (χ1) is 14.8. The predicted octanol–water partition coefficient (Wildman–Crippen LogP) is 3.46. The topological polar surface area (TPSA) is 84.9 Å². The molecule has 2 aromatic carbocycles. The van der Waals surface area contributed by atoms with Crippen molar-refractivity contribution in [2.75, 3.05) is 38.2 Å². The Balaban J connectivity index is 1.93. The Morgan fingerprint density at radius 1 is 1.06 bits per heavy atom. The number of hydrogen-bond acceptors (Lipinski definition) is 6. The molecule has 10 heteroatoms. The molecule has 0 bridgehead atoms. The van der Waals surface area contributed by atoms with Crippen molar-refractivity contribution in [2.24, 2.45) is 0 Å². The first kappa shape index (κ1) is 20.6. The average Bonchev–Trinajstić information content (AvgIpc) is 3.06. The Kier molecular flexibility index (Phi) is 5.47. The van der Waals surface area contributed by atoms with E-state index in [1.54, 1.807) is 6.07 Å². The number of nitrogen functional groups attached to an aromatic ring is 1. The van der Waals surface area contributed by atoms with Gasteiger partial charge in [-0.25, -0.2) is 22.8 Å². The second kappa shape index (κ2) is 8.23. The molecule has 0 fully saturated rings. The Hall–Kier alpha value is -3.66. The number of likely N-dealkylation sites (N-methyl/N-ethyl adjacent to an activating group) is 1. The van der Waals surface area contributed by atoms with Gasteiger partial charge in [0.15, 0.2) is 17.3 Å². The van der Waals surface area contributed by atoms with Crippen LogP contribution >= 0.6 is 0 Å². The fourth-order valence-electron chi connectivity index (χ4n) is 3.17. The normalized spacial score (nSPS) is 11.4. The van der Waals surface area contributed by atoms with E-state index >= 15 is 0 Å². The Bertz CT molecular complexity index is 1250. The van der Waals surface area contributed by atoms with Gasteiger partial charge in [-0.3, -0.25) is 0 Å². The molecule has 0 aliphatic rings. The minimum absolute atomic E-state index is 0.0754. The van der Waals surface area contributed by atoms with E-state index in [4.69, 9.17) is 5.73 Å². The van der Waals surface area contributed by atoms with Gasteiger partial charge in [0.1, 0.15) is 11.6 Å².